The average Bonchev–Trinajstić information content (AvgIpc) is 2.98. The van der Waals surface area contributed by atoms with Gasteiger partial charge in [0, 0.05) is 25.3 Å². The molecule has 1 amide bonds. The summed E-state index contributed by atoms with van der Waals surface area (Å²) in [4.78, 5) is 18.1. The summed E-state index contributed by atoms with van der Waals surface area (Å²) >= 11 is 0. The van der Waals surface area contributed by atoms with E-state index in [1.165, 1.54) is 29.5 Å². The van der Waals surface area contributed by atoms with Crippen LogP contribution in [-0.2, 0) is 0 Å². The van der Waals surface area contributed by atoms with Crippen molar-refractivity contribution in [3.05, 3.63) is 42.2 Å². The molecule has 1 aliphatic heterocycles. The van der Waals surface area contributed by atoms with Crippen LogP contribution in [0.15, 0.2) is 30.9 Å². The van der Waals surface area contributed by atoms with Crippen LogP contribution in [0, 0.1) is 11.7 Å². The van der Waals surface area contributed by atoms with Crippen molar-refractivity contribution in [2.45, 2.75) is 19.3 Å². The number of aromatic nitrogens is 3. The van der Waals surface area contributed by atoms with Crippen molar-refractivity contribution in [2.24, 2.45) is 5.92 Å². The lowest BCUT2D eigenvalue weighted by atomic mass is 10.0. The Hall–Kier alpha value is -2.28. The monoisotopic (exact) mass is 318 g/mol. The highest BCUT2D eigenvalue weighted by atomic mass is 19.1. The van der Waals surface area contributed by atoms with Crippen molar-refractivity contribution in [3.63, 3.8) is 0 Å². The van der Waals surface area contributed by atoms with Gasteiger partial charge in [-0.05, 0) is 37.0 Å². The summed E-state index contributed by atoms with van der Waals surface area (Å²) in [6.07, 6.45) is 5.54. The lowest BCUT2D eigenvalue weighted by Gasteiger charge is -2.23. The molecule has 0 radical (unpaired) electrons. The first-order valence-electron chi connectivity index (χ1n) is 7.73. The molecular formula is C16H19FN4O2. The van der Waals surface area contributed by atoms with Gasteiger partial charge in [-0.3, -0.25) is 4.79 Å². The Bertz CT molecular complexity index is 675. The molecule has 1 N–H and O–H groups in total. The molecule has 122 valence electrons. The van der Waals surface area contributed by atoms with E-state index >= 15 is 0 Å². The quantitative estimate of drug-likeness (QED) is 0.934. The Morgan fingerprint density at radius 2 is 2.26 bits per heavy atom. The molecule has 0 aliphatic carbocycles. The predicted octanol–water partition coefficient (Wildman–Crippen LogP) is 1.64. The fourth-order valence-corrected chi connectivity index (χ4v) is 2.90. The Labute approximate surface area is 133 Å². The highest BCUT2D eigenvalue weighted by Gasteiger charge is 2.23. The SMILES string of the molecule is O=C(c1ccc(-n2cncn2)c(F)c1)N1CCCCC(CO)C1. The second-order valence-corrected chi connectivity index (χ2v) is 5.80. The van der Waals surface area contributed by atoms with Crippen LogP contribution in [0.2, 0.25) is 0 Å². The summed E-state index contributed by atoms with van der Waals surface area (Å²) < 4.78 is 15.6. The van der Waals surface area contributed by atoms with E-state index in [1.807, 2.05) is 0 Å². The van der Waals surface area contributed by atoms with Gasteiger partial charge >= 0.3 is 0 Å². The molecular weight excluding hydrogens is 299 g/mol. The highest BCUT2D eigenvalue weighted by molar-refractivity contribution is 5.94. The van der Waals surface area contributed by atoms with Gasteiger partial charge in [-0.1, -0.05) is 6.42 Å². The third-order valence-corrected chi connectivity index (χ3v) is 4.17. The van der Waals surface area contributed by atoms with Gasteiger partial charge in [0.25, 0.3) is 5.91 Å². The van der Waals surface area contributed by atoms with Crippen molar-refractivity contribution in [1.82, 2.24) is 19.7 Å². The molecule has 1 aliphatic rings. The third kappa shape index (κ3) is 3.39. The Balaban J connectivity index is 1.81. The summed E-state index contributed by atoms with van der Waals surface area (Å²) in [5, 5.41) is 13.2. The molecule has 3 rings (SSSR count). The predicted molar refractivity (Wildman–Crippen MR) is 81.6 cm³/mol. The molecule has 1 fully saturated rings. The number of likely N-dealkylation sites (tertiary alicyclic amines) is 1. The number of rotatable bonds is 3. The van der Waals surface area contributed by atoms with Crippen molar-refractivity contribution in [2.75, 3.05) is 19.7 Å². The maximum atomic E-state index is 14.3. The number of hydrogen-bond acceptors (Lipinski definition) is 4. The number of carbonyl (C=O) groups excluding carboxylic acids is 1. The van der Waals surface area contributed by atoms with Crippen LogP contribution in [0.3, 0.4) is 0 Å². The number of amides is 1. The van der Waals surface area contributed by atoms with Crippen LogP contribution < -0.4 is 0 Å². The number of carbonyl (C=O) groups is 1. The van der Waals surface area contributed by atoms with Crippen LogP contribution in [0.25, 0.3) is 5.69 Å². The number of halogens is 1. The molecule has 0 spiro atoms. The van der Waals surface area contributed by atoms with Crippen molar-refractivity contribution >= 4 is 5.91 Å². The molecule has 1 aromatic heterocycles. The van der Waals surface area contributed by atoms with Crippen LogP contribution in [-0.4, -0.2) is 50.4 Å². The lowest BCUT2D eigenvalue weighted by Crippen LogP contribution is -2.35. The molecule has 0 bridgehead atoms. The van der Waals surface area contributed by atoms with Crippen LogP contribution in [0.1, 0.15) is 29.6 Å². The van der Waals surface area contributed by atoms with Crippen LogP contribution >= 0.6 is 0 Å². The van der Waals surface area contributed by atoms with E-state index in [4.69, 9.17) is 0 Å². The molecule has 7 heteroatoms. The molecule has 0 saturated carbocycles. The summed E-state index contributed by atoms with van der Waals surface area (Å²) in [5.74, 6) is -0.620. The zero-order chi connectivity index (χ0) is 16.2. The van der Waals surface area contributed by atoms with Gasteiger partial charge in [-0.25, -0.2) is 14.1 Å². The number of nitrogens with zero attached hydrogens (tertiary/aromatic N) is 4. The zero-order valence-electron chi connectivity index (χ0n) is 12.7. The fourth-order valence-electron chi connectivity index (χ4n) is 2.90. The maximum absolute atomic E-state index is 14.3. The van der Waals surface area contributed by atoms with Crippen LogP contribution in [0.5, 0.6) is 0 Å². The Morgan fingerprint density at radius 1 is 1.39 bits per heavy atom. The number of benzene rings is 1. The normalized spacial score (nSPS) is 18.7. The first-order valence-corrected chi connectivity index (χ1v) is 7.73. The van der Waals surface area contributed by atoms with E-state index in [-0.39, 0.29) is 24.1 Å². The lowest BCUT2D eigenvalue weighted by molar-refractivity contribution is 0.0719. The minimum atomic E-state index is -0.519. The van der Waals surface area contributed by atoms with E-state index in [2.05, 4.69) is 10.1 Å². The van der Waals surface area contributed by atoms with E-state index in [0.717, 1.165) is 19.3 Å². The van der Waals surface area contributed by atoms with Crippen molar-refractivity contribution < 1.29 is 14.3 Å². The second kappa shape index (κ2) is 6.87. The molecule has 1 aromatic carbocycles. The minimum absolute atomic E-state index is 0.0728. The van der Waals surface area contributed by atoms with Gasteiger partial charge in [0.1, 0.15) is 24.2 Å². The summed E-state index contributed by atoms with van der Waals surface area (Å²) in [7, 11) is 0. The third-order valence-electron chi connectivity index (χ3n) is 4.17. The van der Waals surface area contributed by atoms with E-state index in [1.54, 1.807) is 11.0 Å². The fraction of sp³-hybridized carbons (Fsp3) is 0.438. The largest absolute Gasteiger partial charge is 0.396 e. The average molecular weight is 318 g/mol. The minimum Gasteiger partial charge on any atom is -0.396 e. The van der Waals surface area contributed by atoms with Gasteiger partial charge in [0.2, 0.25) is 0 Å². The molecule has 23 heavy (non-hydrogen) atoms. The number of hydrogen-bond donors (Lipinski definition) is 1. The molecule has 2 aromatic rings. The summed E-state index contributed by atoms with van der Waals surface area (Å²) in [5.41, 5.74) is 0.563. The first-order chi connectivity index (χ1) is 11.2. The molecule has 6 nitrogen and oxygen atoms in total. The molecule has 1 atom stereocenters. The number of aliphatic hydroxyl groups excluding tert-OH is 1. The molecule has 1 unspecified atom stereocenters. The summed E-state index contributed by atoms with van der Waals surface area (Å²) in [6.45, 7) is 1.23. The van der Waals surface area contributed by atoms with Gasteiger partial charge in [0.15, 0.2) is 0 Å². The van der Waals surface area contributed by atoms with Gasteiger partial charge in [-0.2, -0.15) is 5.10 Å². The van der Waals surface area contributed by atoms with Crippen molar-refractivity contribution in [3.8, 4) is 5.69 Å². The van der Waals surface area contributed by atoms with Crippen LogP contribution in [0.4, 0.5) is 4.39 Å². The van der Waals surface area contributed by atoms with Gasteiger partial charge in [-0.15, -0.1) is 0 Å². The molecule has 2 heterocycles. The maximum Gasteiger partial charge on any atom is 0.253 e. The number of aliphatic hydroxyl groups is 1. The topological polar surface area (TPSA) is 71.2 Å². The van der Waals surface area contributed by atoms with E-state index in [9.17, 15) is 14.3 Å². The van der Waals surface area contributed by atoms with Gasteiger partial charge in [0.05, 0.1) is 0 Å². The standard InChI is InChI=1S/C16H19FN4O2/c17-14-7-13(4-5-15(14)21-11-18-10-19-21)16(23)20-6-2-1-3-12(8-20)9-22/h4-5,7,10-12,22H,1-3,6,8-9H2. The first kappa shape index (κ1) is 15.6. The molecule has 1 saturated heterocycles. The summed E-state index contributed by atoms with van der Waals surface area (Å²) in [6, 6.07) is 4.36. The zero-order valence-corrected chi connectivity index (χ0v) is 12.7. The van der Waals surface area contributed by atoms with Crippen molar-refractivity contribution in [1.29, 1.82) is 0 Å². The Morgan fingerprint density at radius 3 is 2.96 bits per heavy atom. The Kier molecular flexibility index (Phi) is 4.66. The van der Waals surface area contributed by atoms with E-state index in [0.29, 0.717) is 18.7 Å². The van der Waals surface area contributed by atoms with E-state index < -0.39 is 5.82 Å². The highest BCUT2D eigenvalue weighted by Crippen LogP contribution is 2.20. The second-order valence-electron chi connectivity index (χ2n) is 5.80. The van der Waals surface area contributed by atoms with Gasteiger partial charge < -0.3 is 10.0 Å². The smallest absolute Gasteiger partial charge is 0.253 e.